The van der Waals surface area contributed by atoms with Crippen molar-refractivity contribution in [1.29, 1.82) is 0 Å². The summed E-state index contributed by atoms with van der Waals surface area (Å²) < 4.78 is 4.92. The molecule has 0 aliphatic carbocycles. The first kappa shape index (κ1) is 12.6. The molecule has 0 saturated carbocycles. The van der Waals surface area contributed by atoms with E-state index in [1.807, 2.05) is 6.92 Å². The Hall–Kier alpha value is 0.570. The standard InChI is InChI=1S/C7H15INO3/c1-6(11-2)4-5-7(8)9(10)12-3/h6-7H,4-5H2,1-3H3/q-1/t6-,7?/m1/s1. The fourth-order valence-electron chi connectivity index (χ4n) is 0.710. The Kier molecular flexibility index (Phi) is 7.35. The van der Waals surface area contributed by atoms with Gasteiger partial charge in [-0.25, -0.2) is 5.23 Å². The van der Waals surface area contributed by atoms with Crippen molar-refractivity contribution in [3.63, 3.8) is 0 Å². The molecule has 0 N–H and O–H groups in total. The molecule has 0 rings (SSSR count). The number of ether oxygens (including phenoxy) is 1. The summed E-state index contributed by atoms with van der Waals surface area (Å²) in [6, 6.07) is 0. The van der Waals surface area contributed by atoms with Gasteiger partial charge in [0.05, 0.1) is 17.3 Å². The lowest BCUT2D eigenvalue weighted by molar-refractivity contribution is -0.0952. The van der Waals surface area contributed by atoms with Crippen LogP contribution >= 0.6 is 22.6 Å². The van der Waals surface area contributed by atoms with Gasteiger partial charge in [0.25, 0.3) is 0 Å². The quantitative estimate of drug-likeness (QED) is 0.324. The van der Waals surface area contributed by atoms with Gasteiger partial charge >= 0.3 is 0 Å². The van der Waals surface area contributed by atoms with E-state index in [0.717, 1.165) is 12.8 Å². The van der Waals surface area contributed by atoms with Crippen LogP contribution in [0.3, 0.4) is 0 Å². The smallest absolute Gasteiger partial charge is 0.0734 e. The third kappa shape index (κ3) is 5.26. The monoisotopic (exact) mass is 288 g/mol. The van der Waals surface area contributed by atoms with Gasteiger partial charge in [-0.05, 0) is 19.8 Å². The molecule has 0 bridgehead atoms. The second-order valence-electron chi connectivity index (χ2n) is 2.53. The number of hydrogen-bond acceptors (Lipinski definition) is 4. The molecular formula is C7H15INO3-. The molecule has 74 valence electrons. The zero-order valence-corrected chi connectivity index (χ0v) is 9.78. The summed E-state index contributed by atoms with van der Waals surface area (Å²) in [5.74, 6) is 0. The van der Waals surface area contributed by atoms with Crippen LogP contribution in [-0.4, -0.2) is 29.6 Å². The van der Waals surface area contributed by atoms with Crippen LogP contribution < -0.4 is 0 Å². The zero-order chi connectivity index (χ0) is 9.56. The topological polar surface area (TPSA) is 44.8 Å². The van der Waals surface area contributed by atoms with Crippen LogP contribution in [0.4, 0.5) is 0 Å². The summed E-state index contributed by atoms with van der Waals surface area (Å²) in [7, 11) is 3.04. The highest BCUT2D eigenvalue weighted by Crippen LogP contribution is 2.15. The van der Waals surface area contributed by atoms with Crippen molar-refractivity contribution < 1.29 is 9.57 Å². The van der Waals surface area contributed by atoms with Crippen LogP contribution in [0.2, 0.25) is 0 Å². The summed E-state index contributed by atoms with van der Waals surface area (Å²) in [5, 5.41) is 11.5. The third-order valence-electron chi connectivity index (χ3n) is 1.62. The Morgan fingerprint density at radius 1 is 1.42 bits per heavy atom. The first-order chi connectivity index (χ1) is 5.61. The Balaban J connectivity index is 3.49. The van der Waals surface area contributed by atoms with E-state index in [4.69, 9.17) is 4.74 Å². The van der Waals surface area contributed by atoms with Crippen molar-refractivity contribution in [3.8, 4) is 0 Å². The first-order valence-corrected chi connectivity index (χ1v) is 5.03. The molecular weight excluding hydrogens is 273 g/mol. The Morgan fingerprint density at radius 3 is 2.42 bits per heavy atom. The predicted molar refractivity (Wildman–Crippen MR) is 55.7 cm³/mol. The van der Waals surface area contributed by atoms with Gasteiger partial charge in [-0.2, -0.15) is 0 Å². The normalized spacial score (nSPS) is 16.5. The minimum Gasteiger partial charge on any atom is -0.761 e. The highest BCUT2D eigenvalue weighted by molar-refractivity contribution is 14.1. The number of halogens is 1. The predicted octanol–water partition coefficient (Wildman–Crippen LogP) is 1.92. The lowest BCUT2D eigenvalue weighted by Gasteiger charge is -2.30. The molecule has 0 aromatic carbocycles. The lowest BCUT2D eigenvalue weighted by Crippen LogP contribution is -2.24. The van der Waals surface area contributed by atoms with Crippen molar-refractivity contribution in [2.45, 2.75) is 29.9 Å². The van der Waals surface area contributed by atoms with E-state index in [2.05, 4.69) is 27.4 Å². The first-order valence-electron chi connectivity index (χ1n) is 3.79. The van der Waals surface area contributed by atoms with Gasteiger partial charge in [-0.3, -0.25) is 0 Å². The average molecular weight is 288 g/mol. The van der Waals surface area contributed by atoms with Crippen molar-refractivity contribution in [2.24, 2.45) is 0 Å². The molecule has 0 aliphatic heterocycles. The minimum atomic E-state index is -0.134. The SMILES string of the molecule is CO[C@H](C)CCC(I)N([O-])OC. The summed E-state index contributed by atoms with van der Waals surface area (Å²) in [6.45, 7) is 1.98. The van der Waals surface area contributed by atoms with Crippen molar-refractivity contribution in [3.05, 3.63) is 5.21 Å². The Bertz CT molecular complexity index is 115. The molecule has 4 nitrogen and oxygen atoms in total. The molecule has 5 heteroatoms. The summed E-state index contributed by atoms with van der Waals surface area (Å²) in [5.41, 5.74) is 0. The average Bonchev–Trinajstić information content (AvgIpc) is 2.11. The van der Waals surface area contributed by atoms with Crippen molar-refractivity contribution in [2.75, 3.05) is 14.2 Å². The van der Waals surface area contributed by atoms with Gasteiger partial charge < -0.3 is 14.8 Å². The number of methoxy groups -OCH3 is 1. The molecule has 0 amide bonds. The number of nitrogens with zero attached hydrogens (tertiary/aromatic N) is 1. The minimum absolute atomic E-state index is 0.134. The van der Waals surface area contributed by atoms with Crippen LogP contribution in [-0.2, 0) is 9.57 Å². The maximum Gasteiger partial charge on any atom is 0.0734 e. The van der Waals surface area contributed by atoms with Gasteiger partial charge in [-0.15, -0.1) is 0 Å². The molecule has 1 unspecified atom stereocenters. The second kappa shape index (κ2) is 7.02. The summed E-state index contributed by atoms with van der Waals surface area (Å²) in [4.78, 5) is 4.51. The fraction of sp³-hybridized carbons (Fsp3) is 1.00. The Morgan fingerprint density at radius 2 is 2.00 bits per heavy atom. The zero-order valence-electron chi connectivity index (χ0n) is 7.62. The molecule has 0 spiro atoms. The second-order valence-corrected chi connectivity index (χ2v) is 3.96. The van der Waals surface area contributed by atoms with E-state index in [1.54, 1.807) is 7.11 Å². The van der Waals surface area contributed by atoms with Crippen molar-refractivity contribution >= 4 is 22.6 Å². The molecule has 0 saturated heterocycles. The van der Waals surface area contributed by atoms with Gasteiger partial charge in [0.1, 0.15) is 0 Å². The van der Waals surface area contributed by atoms with Gasteiger partial charge in [-0.1, -0.05) is 22.6 Å². The molecule has 2 atom stereocenters. The largest absolute Gasteiger partial charge is 0.761 e. The van der Waals surface area contributed by atoms with Gasteiger partial charge in [0.15, 0.2) is 0 Å². The Labute approximate surface area is 86.9 Å². The molecule has 0 aliphatic rings. The summed E-state index contributed by atoms with van der Waals surface area (Å²) >= 11 is 2.05. The molecule has 0 aromatic heterocycles. The molecule has 12 heavy (non-hydrogen) atoms. The van der Waals surface area contributed by atoms with E-state index in [0.29, 0.717) is 5.23 Å². The van der Waals surface area contributed by atoms with E-state index in [1.165, 1.54) is 7.11 Å². The van der Waals surface area contributed by atoms with Crippen LogP contribution in [0.15, 0.2) is 0 Å². The molecule has 0 heterocycles. The van der Waals surface area contributed by atoms with E-state index < -0.39 is 0 Å². The van der Waals surface area contributed by atoms with Crippen LogP contribution in [0, 0.1) is 5.21 Å². The molecule has 0 radical (unpaired) electrons. The number of alkyl halides is 1. The van der Waals surface area contributed by atoms with Gasteiger partial charge in [0, 0.05) is 7.11 Å². The number of rotatable bonds is 6. The highest BCUT2D eigenvalue weighted by Gasteiger charge is 2.08. The number of hydrogen-bond donors (Lipinski definition) is 0. The van der Waals surface area contributed by atoms with Crippen LogP contribution in [0.5, 0.6) is 0 Å². The van der Waals surface area contributed by atoms with Crippen LogP contribution in [0.25, 0.3) is 0 Å². The van der Waals surface area contributed by atoms with Gasteiger partial charge in [0.2, 0.25) is 0 Å². The maximum atomic E-state index is 10.9. The maximum absolute atomic E-state index is 10.9. The highest BCUT2D eigenvalue weighted by atomic mass is 127. The lowest BCUT2D eigenvalue weighted by atomic mass is 10.2. The molecule has 0 fully saturated rings. The van der Waals surface area contributed by atoms with E-state index in [-0.39, 0.29) is 10.2 Å². The van der Waals surface area contributed by atoms with Crippen LogP contribution in [0.1, 0.15) is 19.8 Å². The van der Waals surface area contributed by atoms with E-state index in [9.17, 15) is 5.21 Å². The third-order valence-corrected chi connectivity index (χ3v) is 2.70. The molecule has 0 aromatic rings. The van der Waals surface area contributed by atoms with E-state index >= 15 is 0 Å². The van der Waals surface area contributed by atoms with Crippen molar-refractivity contribution in [1.82, 2.24) is 5.23 Å². The summed E-state index contributed by atoms with van der Waals surface area (Å²) in [6.07, 6.45) is 1.84. The fourth-order valence-corrected chi connectivity index (χ4v) is 1.30. The number of hydroxylamine groups is 2.